The molecule has 0 radical (unpaired) electrons. The molecule has 0 bridgehead atoms. The van der Waals surface area contributed by atoms with Crippen molar-refractivity contribution in [1.29, 1.82) is 0 Å². The molecule has 1 aliphatic heterocycles. The van der Waals surface area contributed by atoms with Crippen molar-refractivity contribution in [3.8, 4) is 28.4 Å². The van der Waals surface area contributed by atoms with Gasteiger partial charge in [-0.3, -0.25) is 4.72 Å². The van der Waals surface area contributed by atoms with Crippen LogP contribution in [0.4, 0.5) is 14.5 Å². The van der Waals surface area contributed by atoms with Crippen molar-refractivity contribution in [2.24, 2.45) is 0 Å². The zero-order valence-corrected chi connectivity index (χ0v) is 21.4. The Labute approximate surface area is 213 Å². The summed E-state index contributed by atoms with van der Waals surface area (Å²) < 4.78 is 74.4. The Morgan fingerprint density at radius 3 is 2.33 bits per heavy atom. The van der Waals surface area contributed by atoms with Gasteiger partial charge in [0.1, 0.15) is 23.5 Å². The van der Waals surface area contributed by atoms with Crippen LogP contribution in [0.1, 0.15) is 6.42 Å². The Hall–Kier alpha value is -3.08. The van der Waals surface area contributed by atoms with Crippen molar-refractivity contribution in [2.75, 3.05) is 39.1 Å². The fourth-order valence-electron chi connectivity index (χ4n) is 4.04. The third kappa shape index (κ3) is 5.50. The first-order chi connectivity index (χ1) is 17.1. The van der Waals surface area contributed by atoms with Crippen LogP contribution in [-0.4, -0.2) is 53.8 Å². The van der Waals surface area contributed by atoms with Crippen molar-refractivity contribution < 1.29 is 31.4 Å². The van der Waals surface area contributed by atoms with Gasteiger partial charge in [0.05, 0.1) is 29.8 Å². The minimum atomic E-state index is -4.30. The lowest BCUT2D eigenvalue weighted by molar-refractivity contribution is 0.208. The zero-order chi connectivity index (χ0) is 26.0. The predicted octanol–water partition coefficient (Wildman–Crippen LogP) is 5.19. The molecule has 0 unspecified atom stereocenters. The number of benzene rings is 3. The Morgan fingerprint density at radius 1 is 0.972 bits per heavy atom. The highest BCUT2D eigenvalue weighted by atomic mass is 35.5. The highest BCUT2D eigenvalue weighted by Gasteiger charge is 2.26. The molecular weight excluding hydrogens is 514 g/mol. The molecule has 1 aliphatic rings. The van der Waals surface area contributed by atoms with Gasteiger partial charge in [-0.2, -0.15) is 0 Å². The molecule has 7 nitrogen and oxygen atoms in total. The summed E-state index contributed by atoms with van der Waals surface area (Å²) in [5.41, 5.74) is 0.0429. The molecule has 0 amide bonds. The van der Waals surface area contributed by atoms with Gasteiger partial charge in [0.25, 0.3) is 10.0 Å². The number of rotatable bonds is 8. The first kappa shape index (κ1) is 26.0. The molecule has 0 saturated carbocycles. The molecule has 3 aromatic rings. The Kier molecular flexibility index (Phi) is 7.58. The van der Waals surface area contributed by atoms with Crippen LogP contribution in [-0.2, 0) is 10.0 Å². The summed E-state index contributed by atoms with van der Waals surface area (Å²) in [6.45, 7) is 1.61. The van der Waals surface area contributed by atoms with E-state index in [0.717, 1.165) is 31.6 Å². The zero-order valence-electron chi connectivity index (χ0n) is 19.8. The van der Waals surface area contributed by atoms with Crippen molar-refractivity contribution >= 4 is 27.3 Å². The number of anilines is 1. The van der Waals surface area contributed by atoms with Gasteiger partial charge in [-0.1, -0.05) is 11.6 Å². The number of likely N-dealkylation sites (N-methyl/N-ethyl adjacent to an activating group) is 1. The highest BCUT2D eigenvalue weighted by molar-refractivity contribution is 7.92. The van der Waals surface area contributed by atoms with Gasteiger partial charge in [-0.25, -0.2) is 17.2 Å². The summed E-state index contributed by atoms with van der Waals surface area (Å²) in [6.07, 6.45) is 0.749. The number of halogens is 3. The lowest BCUT2D eigenvalue weighted by Gasteiger charge is -2.18. The van der Waals surface area contributed by atoms with Crippen LogP contribution in [0.5, 0.6) is 17.2 Å². The number of methoxy groups -OCH3 is 2. The summed E-state index contributed by atoms with van der Waals surface area (Å²) in [5, 5.41) is 0.340. The fourth-order valence-corrected chi connectivity index (χ4v) is 5.47. The molecule has 1 atom stereocenters. The first-order valence-corrected chi connectivity index (χ1v) is 12.9. The number of nitrogens with zero attached hydrogens (tertiary/aromatic N) is 1. The molecule has 4 rings (SSSR count). The molecule has 1 saturated heterocycles. The van der Waals surface area contributed by atoms with Gasteiger partial charge in [-0.15, -0.1) is 0 Å². The number of hydrogen-bond donors (Lipinski definition) is 1. The first-order valence-electron chi connectivity index (χ1n) is 11.0. The van der Waals surface area contributed by atoms with E-state index in [4.69, 9.17) is 25.8 Å². The number of nitrogens with one attached hydrogen (secondary N) is 1. The average Bonchev–Trinajstić information content (AvgIpc) is 3.24. The van der Waals surface area contributed by atoms with Crippen molar-refractivity contribution in [3.63, 3.8) is 0 Å². The molecule has 3 aromatic carbocycles. The quantitative estimate of drug-likeness (QED) is 0.425. The van der Waals surface area contributed by atoms with Gasteiger partial charge < -0.3 is 19.1 Å². The highest BCUT2D eigenvalue weighted by Crippen LogP contribution is 2.40. The lowest BCUT2D eigenvalue weighted by Crippen LogP contribution is -2.21. The third-order valence-electron chi connectivity index (χ3n) is 5.82. The van der Waals surface area contributed by atoms with Gasteiger partial charge in [0, 0.05) is 42.4 Å². The maximum absolute atomic E-state index is 14.7. The molecular formula is C25H25ClF2N2O5S. The van der Waals surface area contributed by atoms with Crippen LogP contribution >= 0.6 is 11.6 Å². The maximum atomic E-state index is 14.7. The monoisotopic (exact) mass is 538 g/mol. The van der Waals surface area contributed by atoms with Crippen molar-refractivity contribution in [2.45, 2.75) is 17.4 Å². The summed E-state index contributed by atoms with van der Waals surface area (Å²) >= 11 is 6.29. The standard InChI is InChI=1S/C25H25ClF2N2O5S/c1-30-9-8-17(14-30)35-22-11-16(5-7-20(22)26)29-36(31,32)25-13-24(34-3)23(33-2)12-19(25)18-6-4-15(27)10-21(18)28/h4-7,10-13,17,29H,8-9,14H2,1-3H3/t17-/m1/s1. The van der Waals surface area contributed by atoms with E-state index in [0.29, 0.717) is 16.8 Å². The van der Waals surface area contributed by atoms with E-state index in [1.165, 1.54) is 44.6 Å². The minimum absolute atomic E-state index is 0.0305. The molecule has 0 spiro atoms. The number of hydrogen-bond acceptors (Lipinski definition) is 6. The van der Waals surface area contributed by atoms with Crippen LogP contribution in [0.3, 0.4) is 0 Å². The second-order valence-electron chi connectivity index (χ2n) is 8.37. The van der Waals surface area contributed by atoms with Crippen LogP contribution in [0.2, 0.25) is 5.02 Å². The predicted molar refractivity (Wildman–Crippen MR) is 134 cm³/mol. The topological polar surface area (TPSA) is 77.1 Å². The Morgan fingerprint density at radius 2 is 1.69 bits per heavy atom. The number of likely N-dealkylation sites (tertiary alicyclic amines) is 1. The summed E-state index contributed by atoms with van der Waals surface area (Å²) in [7, 11) is 0.409. The van der Waals surface area contributed by atoms with E-state index < -0.39 is 21.7 Å². The van der Waals surface area contributed by atoms with E-state index in [9.17, 15) is 17.2 Å². The minimum Gasteiger partial charge on any atom is -0.493 e. The lowest BCUT2D eigenvalue weighted by atomic mass is 10.0. The van der Waals surface area contributed by atoms with E-state index in [1.54, 1.807) is 0 Å². The van der Waals surface area contributed by atoms with Crippen LogP contribution < -0.4 is 18.9 Å². The van der Waals surface area contributed by atoms with Crippen molar-refractivity contribution in [1.82, 2.24) is 4.90 Å². The molecule has 1 N–H and O–H groups in total. The van der Waals surface area contributed by atoms with Gasteiger partial charge in [-0.05, 0) is 43.8 Å². The number of ether oxygens (including phenoxy) is 3. The molecule has 1 heterocycles. The Bertz CT molecular complexity index is 1390. The number of sulfonamides is 1. The summed E-state index contributed by atoms with van der Waals surface area (Å²) in [4.78, 5) is 1.83. The molecule has 0 aliphatic carbocycles. The SMILES string of the molecule is COc1cc(-c2ccc(F)cc2F)c(S(=O)(=O)Nc2ccc(Cl)c(O[C@@H]3CCN(C)C3)c2)cc1OC. The van der Waals surface area contributed by atoms with E-state index in [2.05, 4.69) is 9.62 Å². The second kappa shape index (κ2) is 10.5. The molecule has 0 aromatic heterocycles. The fraction of sp³-hybridized carbons (Fsp3) is 0.280. The van der Waals surface area contributed by atoms with E-state index >= 15 is 0 Å². The van der Waals surface area contributed by atoms with Crippen LogP contribution in [0, 0.1) is 11.6 Å². The van der Waals surface area contributed by atoms with Gasteiger partial charge in [0.15, 0.2) is 11.5 Å². The van der Waals surface area contributed by atoms with E-state index in [-0.39, 0.29) is 39.3 Å². The van der Waals surface area contributed by atoms with Gasteiger partial charge >= 0.3 is 0 Å². The van der Waals surface area contributed by atoms with Crippen LogP contribution in [0.25, 0.3) is 11.1 Å². The van der Waals surface area contributed by atoms with Crippen LogP contribution in [0.15, 0.2) is 53.4 Å². The smallest absolute Gasteiger partial charge is 0.262 e. The maximum Gasteiger partial charge on any atom is 0.262 e. The summed E-state index contributed by atoms with van der Waals surface area (Å²) in [6, 6.07) is 9.96. The average molecular weight is 539 g/mol. The molecule has 192 valence electrons. The molecule has 36 heavy (non-hydrogen) atoms. The van der Waals surface area contributed by atoms with Crippen molar-refractivity contribution in [3.05, 3.63) is 65.2 Å². The Balaban J connectivity index is 1.74. The van der Waals surface area contributed by atoms with Gasteiger partial charge in [0.2, 0.25) is 0 Å². The normalized spacial score (nSPS) is 16.1. The molecule has 11 heteroatoms. The molecule has 1 fully saturated rings. The summed E-state index contributed by atoms with van der Waals surface area (Å²) in [5.74, 6) is -1.08. The second-order valence-corrected chi connectivity index (χ2v) is 10.4. The largest absolute Gasteiger partial charge is 0.493 e. The third-order valence-corrected chi connectivity index (χ3v) is 7.56. The van der Waals surface area contributed by atoms with E-state index in [1.807, 2.05) is 7.05 Å².